The third kappa shape index (κ3) is 5.65. The first-order valence-corrected chi connectivity index (χ1v) is 11.6. The van der Waals surface area contributed by atoms with Crippen LogP contribution in [0.15, 0.2) is 29.6 Å². The number of aryl methyl sites for hydroxylation is 1. The van der Waals surface area contributed by atoms with Gasteiger partial charge in [0.2, 0.25) is 5.91 Å². The Labute approximate surface area is 177 Å². The molecule has 2 aliphatic heterocycles. The van der Waals surface area contributed by atoms with Gasteiger partial charge >= 0.3 is 0 Å². The minimum atomic E-state index is 0.220. The molecular weight excluding hydrogens is 382 g/mol. The van der Waals surface area contributed by atoms with Gasteiger partial charge in [-0.15, -0.1) is 11.3 Å². The Bertz CT molecular complexity index is 791. The highest BCUT2D eigenvalue weighted by Gasteiger charge is 2.24. The molecule has 0 N–H and O–H groups in total. The summed E-state index contributed by atoms with van der Waals surface area (Å²) >= 11 is 1.62. The second-order valence-electron chi connectivity index (χ2n) is 8.25. The van der Waals surface area contributed by atoms with Gasteiger partial charge in [0, 0.05) is 37.1 Å². The summed E-state index contributed by atoms with van der Waals surface area (Å²) in [5, 5.41) is 3.02. The molecule has 6 heteroatoms. The lowest BCUT2D eigenvalue weighted by Gasteiger charge is -2.34. The fourth-order valence-corrected chi connectivity index (χ4v) is 4.97. The van der Waals surface area contributed by atoms with Crippen LogP contribution in [0.2, 0.25) is 0 Å². The van der Waals surface area contributed by atoms with Crippen LogP contribution < -0.4 is 0 Å². The van der Waals surface area contributed by atoms with Crippen molar-refractivity contribution in [2.45, 2.75) is 32.6 Å². The summed E-state index contributed by atoms with van der Waals surface area (Å²) in [5.74, 6) is 0.965. The van der Waals surface area contributed by atoms with Crippen LogP contribution in [0.5, 0.6) is 0 Å². The number of likely N-dealkylation sites (tertiary alicyclic amines) is 1. The third-order valence-electron chi connectivity index (χ3n) is 6.11. The highest BCUT2D eigenvalue weighted by molar-refractivity contribution is 7.13. The Morgan fingerprint density at radius 3 is 2.59 bits per heavy atom. The lowest BCUT2D eigenvalue weighted by atomic mass is 9.93. The van der Waals surface area contributed by atoms with E-state index in [9.17, 15) is 4.79 Å². The number of nitrogens with zero attached hydrogens (tertiary/aromatic N) is 3. The number of benzene rings is 1. The average Bonchev–Trinajstić information content (AvgIpc) is 3.22. The normalized spacial score (nSPS) is 18.9. The average molecular weight is 414 g/mol. The number of morpholine rings is 1. The summed E-state index contributed by atoms with van der Waals surface area (Å²) in [5.41, 5.74) is 3.26. The molecular formula is C23H31N3O2S. The van der Waals surface area contributed by atoms with E-state index in [1.807, 2.05) is 10.3 Å². The first kappa shape index (κ1) is 20.5. The van der Waals surface area contributed by atoms with Gasteiger partial charge in [-0.05, 0) is 38.6 Å². The molecule has 0 radical (unpaired) electrons. The topological polar surface area (TPSA) is 45.7 Å². The van der Waals surface area contributed by atoms with Crippen LogP contribution in [0.25, 0.3) is 10.6 Å². The zero-order chi connectivity index (χ0) is 20.1. The minimum absolute atomic E-state index is 0.220. The number of rotatable bonds is 6. The molecule has 0 aliphatic carbocycles. The van der Waals surface area contributed by atoms with Gasteiger partial charge in [0.1, 0.15) is 5.01 Å². The molecule has 2 aliphatic rings. The minimum Gasteiger partial charge on any atom is -0.379 e. The largest absolute Gasteiger partial charge is 0.379 e. The van der Waals surface area contributed by atoms with Crippen LogP contribution in [0.4, 0.5) is 0 Å². The van der Waals surface area contributed by atoms with Crippen molar-refractivity contribution < 1.29 is 9.53 Å². The fourth-order valence-electron chi connectivity index (χ4n) is 4.14. The van der Waals surface area contributed by atoms with Gasteiger partial charge in [0.05, 0.1) is 25.3 Å². The lowest BCUT2D eigenvalue weighted by molar-refractivity contribution is -0.131. The molecule has 2 aromatic rings. The van der Waals surface area contributed by atoms with Crippen molar-refractivity contribution in [1.82, 2.24) is 14.8 Å². The van der Waals surface area contributed by atoms with Gasteiger partial charge < -0.3 is 9.64 Å². The highest BCUT2D eigenvalue weighted by Crippen LogP contribution is 2.25. The van der Waals surface area contributed by atoms with Gasteiger partial charge in [-0.2, -0.15) is 0 Å². The van der Waals surface area contributed by atoms with Gasteiger partial charge in [-0.1, -0.05) is 29.8 Å². The number of carbonyl (C=O) groups is 1. The predicted octanol–water partition coefficient (Wildman–Crippen LogP) is 3.62. The number of piperidine rings is 1. The summed E-state index contributed by atoms with van der Waals surface area (Å²) in [6.07, 6.45) is 3.92. The first-order valence-electron chi connectivity index (χ1n) is 10.8. The van der Waals surface area contributed by atoms with E-state index in [2.05, 4.69) is 36.1 Å². The van der Waals surface area contributed by atoms with E-state index in [1.54, 1.807) is 11.3 Å². The van der Waals surface area contributed by atoms with Crippen LogP contribution in [-0.2, 0) is 16.0 Å². The van der Waals surface area contributed by atoms with Crippen molar-refractivity contribution in [3.05, 3.63) is 40.9 Å². The molecule has 1 aromatic heterocycles. The number of carbonyl (C=O) groups excluding carboxylic acids is 1. The van der Waals surface area contributed by atoms with E-state index >= 15 is 0 Å². The summed E-state index contributed by atoms with van der Waals surface area (Å²) in [6.45, 7) is 8.91. The van der Waals surface area contributed by atoms with E-state index < -0.39 is 0 Å². The van der Waals surface area contributed by atoms with Crippen molar-refractivity contribution in [1.29, 1.82) is 0 Å². The SMILES string of the molecule is Cc1ccc(-c2nc(CC(=O)N3CCC(CCN4CCOCC4)CC3)cs2)cc1. The first-order chi connectivity index (χ1) is 14.2. The standard InChI is InChI=1S/C23H31N3O2S/c1-18-2-4-20(5-3-18)23-24-21(17-29-23)16-22(27)26-10-7-19(8-11-26)6-9-25-12-14-28-15-13-25/h2-5,17,19H,6-16H2,1H3. The molecule has 1 aromatic carbocycles. The van der Waals surface area contributed by atoms with Crippen molar-refractivity contribution >= 4 is 17.2 Å². The smallest absolute Gasteiger partial charge is 0.228 e. The molecule has 0 spiro atoms. The van der Waals surface area contributed by atoms with Crippen molar-refractivity contribution in [3.8, 4) is 10.6 Å². The van der Waals surface area contributed by atoms with Gasteiger partial charge in [0.25, 0.3) is 0 Å². The van der Waals surface area contributed by atoms with Crippen LogP contribution in [-0.4, -0.2) is 66.6 Å². The Kier molecular flexibility index (Phi) is 6.95. The van der Waals surface area contributed by atoms with Crippen LogP contribution >= 0.6 is 11.3 Å². The molecule has 2 saturated heterocycles. The Morgan fingerprint density at radius 1 is 1.14 bits per heavy atom. The third-order valence-corrected chi connectivity index (χ3v) is 7.05. The van der Waals surface area contributed by atoms with Crippen molar-refractivity contribution in [2.75, 3.05) is 45.9 Å². The zero-order valence-corrected chi connectivity index (χ0v) is 18.1. The van der Waals surface area contributed by atoms with Gasteiger partial charge in [-0.25, -0.2) is 4.98 Å². The summed E-state index contributed by atoms with van der Waals surface area (Å²) in [7, 11) is 0. The van der Waals surface area contributed by atoms with E-state index in [0.717, 1.165) is 74.4 Å². The van der Waals surface area contributed by atoms with E-state index in [4.69, 9.17) is 9.72 Å². The summed E-state index contributed by atoms with van der Waals surface area (Å²) < 4.78 is 5.42. The fraction of sp³-hybridized carbons (Fsp3) is 0.565. The van der Waals surface area contributed by atoms with Crippen LogP contribution in [0.1, 0.15) is 30.5 Å². The highest BCUT2D eigenvalue weighted by atomic mass is 32.1. The quantitative estimate of drug-likeness (QED) is 0.726. The monoisotopic (exact) mass is 413 g/mol. The Morgan fingerprint density at radius 2 is 1.86 bits per heavy atom. The number of aromatic nitrogens is 1. The number of amides is 1. The van der Waals surface area contributed by atoms with Crippen LogP contribution in [0, 0.1) is 12.8 Å². The predicted molar refractivity (Wildman–Crippen MR) is 117 cm³/mol. The van der Waals surface area contributed by atoms with Gasteiger partial charge in [0.15, 0.2) is 0 Å². The number of hydrogen-bond donors (Lipinski definition) is 0. The molecule has 0 unspecified atom stereocenters. The zero-order valence-electron chi connectivity index (χ0n) is 17.3. The Balaban J connectivity index is 1.22. The second kappa shape index (κ2) is 9.83. The van der Waals surface area contributed by atoms with Crippen molar-refractivity contribution in [2.24, 2.45) is 5.92 Å². The molecule has 2 fully saturated rings. The summed E-state index contributed by atoms with van der Waals surface area (Å²) in [4.78, 5) is 22.0. The maximum atomic E-state index is 12.7. The van der Waals surface area contributed by atoms with Crippen LogP contribution in [0.3, 0.4) is 0 Å². The molecule has 156 valence electrons. The molecule has 5 nitrogen and oxygen atoms in total. The number of hydrogen-bond acceptors (Lipinski definition) is 5. The Hall–Kier alpha value is -1.76. The second-order valence-corrected chi connectivity index (χ2v) is 9.11. The molecule has 29 heavy (non-hydrogen) atoms. The molecule has 3 heterocycles. The maximum Gasteiger partial charge on any atom is 0.228 e. The van der Waals surface area contributed by atoms with E-state index in [-0.39, 0.29) is 5.91 Å². The van der Waals surface area contributed by atoms with E-state index in [0.29, 0.717) is 6.42 Å². The molecule has 0 bridgehead atoms. The molecule has 4 rings (SSSR count). The molecule has 0 atom stereocenters. The summed E-state index contributed by atoms with van der Waals surface area (Å²) in [6, 6.07) is 8.40. The van der Waals surface area contributed by atoms with Crippen molar-refractivity contribution in [3.63, 3.8) is 0 Å². The molecule has 0 saturated carbocycles. The van der Waals surface area contributed by atoms with E-state index in [1.165, 1.54) is 18.5 Å². The van der Waals surface area contributed by atoms with Gasteiger partial charge in [-0.3, -0.25) is 9.69 Å². The molecule has 1 amide bonds. The maximum absolute atomic E-state index is 12.7. The number of thiazole rings is 1. The number of ether oxygens (including phenoxy) is 1. The lowest BCUT2D eigenvalue weighted by Crippen LogP contribution is -2.41.